The molecule has 2 unspecified atom stereocenters. The summed E-state index contributed by atoms with van der Waals surface area (Å²) in [5.74, 6) is -2.65. The Morgan fingerprint density at radius 3 is 2.16 bits per heavy atom. The minimum atomic E-state index is -3.86. The van der Waals surface area contributed by atoms with Crippen molar-refractivity contribution in [2.45, 2.75) is 121 Å². The highest BCUT2D eigenvalue weighted by Gasteiger charge is 2.70. The second kappa shape index (κ2) is 15.8. The van der Waals surface area contributed by atoms with Crippen molar-refractivity contribution in [3.05, 3.63) is 60.2 Å². The molecule has 6 rings (SSSR count). The predicted molar refractivity (Wildman–Crippen MR) is 210 cm³/mol. The van der Waals surface area contributed by atoms with Crippen molar-refractivity contribution in [1.82, 2.24) is 20.9 Å². The number of primary amides is 1. The molecule has 1 saturated heterocycles. The Morgan fingerprint density at radius 1 is 0.929 bits per heavy atom. The van der Waals surface area contributed by atoms with Crippen LogP contribution >= 0.6 is 0 Å². The quantitative estimate of drug-likeness (QED) is 0.192. The summed E-state index contributed by atoms with van der Waals surface area (Å²) in [6.45, 7) is 10.2. The van der Waals surface area contributed by atoms with Crippen LogP contribution in [-0.2, 0) is 35.6 Å². The van der Waals surface area contributed by atoms with Gasteiger partial charge in [0.15, 0.2) is 9.84 Å². The standard InChI is InChI=1S/C42H57N5O8S/c1-40(2,3)35(38(51)47-23-30-32(41(30,4)5)33(47)37(50)44-31(22-26-14-15-26)34(48)36(43)49)45-39(52)46-42(20-10-7-11-21-42)25-56(53,54)29-18-16-28(17-19-29)55-24-27-12-8-6-9-13-27/h6,8-9,12-13,16-19,26,30-33,35H,7,10-11,14-15,20-25H2,1-5H3,(H2,43,49)(H,44,50)(H2,45,46,52)/t30?,31?,32-,33-,35+/m0/s1. The molecule has 1 heterocycles. The van der Waals surface area contributed by atoms with Crippen LogP contribution < -0.4 is 26.4 Å². The number of piperidine rings is 1. The van der Waals surface area contributed by atoms with Gasteiger partial charge in [0.1, 0.15) is 24.4 Å². The number of hydrogen-bond donors (Lipinski definition) is 4. The predicted octanol–water partition coefficient (Wildman–Crippen LogP) is 4.28. The highest BCUT2D eigenvalue weighted by molar-refractivity contribution is 7.91. The lowest BCUT2D eigenvalue weighted by molar-refractivity contribution is -0.145. The highest BCUT2D eigenvalue weighted by atomic mass is 32.2. The molecule has 5 amide bonds. The fourth-order valence-electron chi connectivity index (χ4n) is 8.85. The van der Waals surface area contributed by atoms with Gasteiger partial charge in [-0.3, -0.25) is 19.2 Å². The van der Waals surface area contributed by atoms with E-state index in [0.29, 0.717) is 38.2 Å². The van der Waals surface area contributed by atoms with Crippen molar-refractivity contribution in [2.75, 3.05) is 12.3 Å². The molecule has 0 aromatic heterocycles. The van der Waals surface area contributed by atoms with Gasteiger partial charge in [-0.15, -0.1) is 0 Å². The molecule has 13 nitrogen and oxygen atoms in total. The third-order valence-electron chi connectivity index (χ3n) is 12.4. The maximum atomic E-state index is 14.5. The van der Waals surface area contributed by atoms with Crippen molar-refractivity contribution >= 4 is 39.4 Å². The SMILES string of the molecule is CC(C)(C)[C@H](NC(=O)NC1(CS(=O)(=O)c2ccc(OCc3ccccc3)cc2)CCCCC1)C(=O)N1CC2[C@@H]([C@H]1C(=O)NC(CC1CC1)C(=O)C(N)=O)C2(C)C. The van der Waals surface area contributed by atoms with Gasteiger partial charge < -0.3 is 31.3 Å². The number of sulfone groups is 1. The fraction of sp³-hybridized carbons (Fsp3) is 0.595. The summed E-state index contributed by atoms with van der Waals surface area (Å²) in [4.78, 5) is 68.7. The first-order chi connectivity index (χ1) is 26.3. The number of carbonyl (C=O) groups is 5. The van der Waals surface area contributed by atoms with E-state index in [0.717, 1.165) is 37.7 Å². The Balaban J connectivity index is 1.15. The largest absolute Gasteiger partial charge is 0.489 e. The van der Waals surface area contributed by atoms with E-state index in [-0.39, 0.29) is 33.8 Å². The number of amides is 5. The number of carbonyl (C=O) groups excluding carboxylic acids is 5. The van der Waals surface area contributed by atoms with Crippen LogP contribution in [0, 0.1) is 28.6 Å². The maximum Gasteiger partial charge on any atom is 0.315 e. The van der Waals surface area contributed by atoms with E-state index >= 15 is 0 Å². The number of benzene rings is 2. The van der Waals surface area contributed by atoms with Crippen molar-refractivity contribution in [1.29, 1.82) is 0 Å². The first-order valence-corrected chi connectivity index (χ1v) is 21.5. The number of ether oxygens (including phenoxy) is 1. The number of ketones is 1. The molecule has 304 valence electrons. The van der Waals surface area contributed by atoms with Crippen LogP contribution in [-0.4, -0.2) is 78.8 Å². The molecular formula is C42H57N5O8S. The van der Waals surface area contributed by atoms with Gasteiger partial charge in [0.25, 0.3) is 5.91 Å². The van der Waals surface area contributed by atoms with Crippen LogP contribution in [0.5, 0.6) is 5.75 Å². The second-order valence-corrected chi connectivity index (χ2v) is 20.1. The minimum absolute atomic E-state index is 0.0329. The molecule has 5 atom stereocenters. The van der Waals surface area contributed by atoms with E-state index in [9.17, 15) is 32.4 Å². The smallest absolute Gasteiger partial charge is 0.315 e. The van der Waals surface area contributed by atoms with E-state index in [1.807, 2.05) is 65.0 Å². The third kappa shape index (κ3) is 9.22. The summed E-state index contributed by atoms with van der Waals surface area (Å²) in [6.07, 6.45) is 5.37. The molecule has 5 N–H and O–H groups in total. The van der Waals surface area contributed by atoms with E-state index in [1.165, 1.54) is 17.0 Å². The third-order valence-corrected chi connectivity index (χ3v) is 14.3. The van der Waals surface area contributed by atoms with Crippen LogP contribution in [0.15, 0.2) is 59.5 Å². The molecule has 3 saturated carbocycles. The van der Waals surface area contributed by atoms with E-state index in [2.05, 4.69) is 16.0 Å². The molecular weight excluding hydrogens is 735 g/mol. The topological polar surface area (TPSA) is 194 Å². The van der Waals surface area contributed by atoms with Crippen molar-refractivity contribution < 1.29 is 37.1 Å². The van der Waals surface area contributed by atoms with Crippen LogP contribution in [0.2, 0.25) is 0 Å². The lowest BCUT2D eigenvalue weighted by Crippen LogP contribution is -2.63. The minimum Gasteiger partial charge on any atom is -0.489 e. The Labute approximate surface area is 330 Å². The Hall–Kier alpha value is -4.46. The molecule has 4 aliphatic rings. The van der Waals surface area contributed by atoms with Gasteiger partial charge in [0.05, 0.1) is 22.2 Å². The summed E-state index contributed by atoms with van der Waals surface area (Å²) in [5, 5.41) is 8.67. The average molecular weight is 792 g/mol. The zero-order valence-corrected chi connectivity index (χ0v) is 34.0. The Kier molecular flexibility index (Phi) is 11.6. The van der Waals surface area contributed by atoms with Crippen LogP contribution in [0.1, 0.15) is 91.5 Å². The molecule has 2 aromatic carbocycles. The van der Waals surface area contributed by atoms with Gasteiger partial charge >= 0.3 is 6.03 Å². The van der Waals surface area contributed by atoms with Crippen LogP contribution in [0.4, 0.5) is 4.79 Å². The number of nitrogens with zero attached hydrogens (tertiary/aromatic N) is 1. The number of Topliss-reactive ketones (excluding diaryl/α,β-unsaturated/α-hetero) is 1. The van der Waals surface area contributed by atoms with Crippen LogP contribution in [0.25, 0.3) is 0 Å². The number of hydrogen-bond acceptors (Lipinski definition) is 8. The summed E-state index contributed by atoms with van der Waals surface area (Å²) >= 11 is 0. The Bertz CT molecular complexity index is 1920. The van der Waals surface area contributed by atoms with E-state index in [4.69, 9.17) is 10.5 Å². The molecule has 0 spiro atoms. The van der Waals surface area contributed by atoms with E-state index in [1.54, 1.807) is 12.1 Å². The van der Waals surface area contributed by atoms with Gasteiger partial charge in [-0.1, -0.05) is 97.1 Å². The summed E-state index contributed by atoms with van der Waals surface area (Å²) in [5.41, 5.74) is 4.22. The normalized spacial score (nSPS) is 23.5. The van der Waals surface area contributed by atoms with Gasteiger partial charge in [-0.25, -0.2) is 13.2 Å². The molecule has 1 aliphatic heterocycles. The Morgan fingerprint density at radius 2 is 1.57 bits per heavy atom. The molecule has 56 heavy (non-hydrogen) atoms. The van der Waals surface area contributed by atoms with Gasteiger partial charge in [-0.05, 0) is 77.7 Å². The first-order valence-electron chi connectivity index (χ1n) is 19.8. The second-order valence-electron chi connectivity index (χ2n) is 18.1. The molecule has 0 radical (unpaired) electrons. The summed E-state index contributed by atoms with van der Waals surface area (Å²) in [7, 11) is -3.86. The number of fused-ring (bicyclic) bond motifs is 1. The zero-order valence-electron chi connectivity index (χ0n) is 33.1. The van der Waals surface area contributed by atoms with Gasteiger partial charge in [0.2, 0.25) is 17.6 Å². The monoisotopic (exact) mass is 791 g/mol. The van der Waals surface area contributed by atoms with Crippen LogP contribution in [0.3, 0.4) is 0 Å². The lowest BCUT2D eigenvalue weighted by atomic mass is 9.83. The molecule has 4 fully saturated rings. The van der Waals surface area contributed by atoms with E-state index < -0.39 is 68.5 Å². The van der Waals surface area contributed by atoms with Gasteiger partial charge in [0, 0.05) is 6.54 Å². The number of rotatable bonds is 15. The molecule has 2 aromatic rings. The number of urea groups is 1. The molecule has 14 heteroatoms. The number of likely N-dealkylation sites (tertiary alicyclic amines) is 1. The zero-order chi connectivity index (χ0) is 40.6. The van der Waals surface area contributed by atoms with Gasteiger partial charge in [-0.2, -0.15) is 0 Å². The fourth-order valence-corrected chi connectivity index (χ4v) is 10.7. The van der Waals surface area contributed by atoms with Crippen molar-refractivity contribution in [2.24, 2.45) is 34.3 Å². The summed E-state index contributed by atoms with van der Waals surface area (Å²) in [6, 6.07) is 12.2. The van der Waals surface area contributed by atoms with Crippen molar-refractivity contribution in [3.8, 4) is 5.75 Å². The first kappa shape index (κ1) is 41.2. The lowest BCUT2D eigenvalue weighted by Gasteiger charge is -2.40. The maximum absolute atomic E-state index is 14.5. The molecule has 3 aliphatic carbocycles. The average Bonchev–Trinajstić information content (AvgIpc) is 4.00. The molecule has 0 bridgehead atoms. The summed E-state index contributed by atoms with van der Waals surface area (Å²) < 4.78 is 33.6. The number of nitrogens with one attached hydrogen (secondary N) is 3. The van der Waals surface area contributed by atoms with Crippen molar-refractivity contribution in [3.63, 3.8) is 0 Å². The highest BCUT2D eigenvalue weighted by Crippen LogP contribution is 2.65. The number of nitrogens with two attached hydrogens (primary N) is 1.